The lowest BCUT2D eigenvalue weighted by Gasteiger charge is -2.34. The van der Waals surface area contributed by atoms with Crippen LogP contribution in [0, 0.1) is 11.8 Å². The maximum absolute atomic E-state index is 6.13. The zero-order valence-corrected chi connectivity index (χ0v) is 13.7. The molecule has 0 N–H and O–H groups in total. The Hall–Kier alpha value is 0.137. The van der Waals surface area contributed by atoms with Gasteiger partial charge in [0.25, 0.3) is 0 Å². The molecule has 0 saturated carbocycles. The highest BCUT2D eigenvalue weighted by atomic mass is 28.4. The van der Waals surface area contributed by atoms with E-state index in [-0.39, 0.29) is 0 Å². The molecule has 2 atom stereocenters. The Morgan fingerprint density at radius 3 is 1.35 bits per heavy atom. The monoisotopic (exact) mass is 260 g/mol. The third-order valence-electron chi connectivity index (χ3n) is 3.53. The van der Waals surface area contributed by atoms with Gasteiger partial charge in [-0.25, -0.2) is 0 Å². The van der Waals surface area contributed by atoms with Crippen LogP contribution in [0.3, 0.4) is 0 Å². The molecule has 0 aromatic heterocycles. The fourth-order valence-corrected chi connectivity index (χ4v) is 6.71. The molecule has 0 aromatic rings. The average molecular weight is 260 g/mol. The summed E-state index contributed by atoms with van der Waals surface area (Å²) in [6.45, 7) is 14.9. The molecule has 2 nitrogen and oxygen atoms in total. The highest BCUT2D eigenvalue weighted by Gasteiger charge is 2.39. The second-order valence-electron chi connectivity index (χ2n) is 5.21. The van der Waals surface area contributed by atoms with Crippen molar-refractivity contribution in [2.75, 3.05) is 13.2 Å². The van der Waals surface area contributed by atoms with Gasteiger partial charge < -0.3 is 8.85 Å². The Kier molecular flexibility index (Phi) is 9.19. The van der Waals surface area contributed by atoms with Crippen molar-refractivity contribution in [1.29, 1.82) is 0 Å². The van der Waals surface area contributed by atoms with E-state index >= 15 is 0 Å². The molecule has 3 heteroatoms. The first-order valence-electron chi connectivity index (χ1n) is 7.31. The van der Waals surface area contributed by atoms with Crippen LogP contribution in [0.1, 0.15) is 54.4 Å². The standard InChI is InChI=1S/C14H32O2Si/c1-7-13(5)11-17(15-9-3,16-10-4)12-14(6)8-2/h13-14H,7-12H2,1-6H3. The second-order valence-corrected chi connectivity index (χ2v) is 8.43. The first kappa shape index (κ1) is 17.1. The Morgan fingerprint density at radius 2 is 1.12 bits per heavy atom. The van der Waals surface area contributed by atoms with Gasteiger partial charge in [-0.05, 0) is 37.8 Å². The molecule has 2 unspecified atom stereocenters. The lowest BCUT2D eigenvalue weighted by molar-refractivity contribution is 0.172. The third-order valence-corrected chi connectivity index (χ3v) is 7.79. The molecular formula is C14H32O2Si. The average Bonchev–Trinajstić information content (AvgIpc) is 2.29. The quantitative estimate of drug-likeness (QED) is 0.535. The van der Waals surface area contributed by atoms with Gasteiger partial charge in [-0.15, -0.1) is 0 Å². The predicted octanol–water partition coefficient (Wildman–Crippen LogP) is 4.59. The normalized spacial score (nSPS) is 15.9. The molecule has 0 bridgehead atoms. The molecule has 0 heterocycles. The molecule has 0 radical (unpaired) electrons. The SMILES string of the molecule is CCO[Si](CC(C)CC)(CC(C)CC)OCC. The topological polar surface area (TPSA) is 18.5 Å². The van der Waals surface area contributed by atoms with Gasteiger partial charge in [-0.1, -0.05) is 40.5 Å². The minimum atomic E-state index is -1.96. The fourth-order valence-electron chi connectivity index (χ4n) is 2.24. The van der Waals surface area contributed by atoms with Crippen molar-refractivity contribution in [2.24, 2.45) is 11.8 Å². The number of hydrogen-bond acceptors (Lipinski definition) is 2. The second kappa shape index (κ2) is 9.12. The zero-order valence-electron chi connectivity index (χ0n) is 12.7. The molecule has 0 fully saturated rings. The van der Waals surface area contributed by atoms with E-state index in [1.54, 1.807) is 0 Å². The van der Waals surface area contributed by atoms with Gasteiger partial charge in [0, 0.05) is 13.2 Å². The van der Waals surface area contributed by atoms with Crippen LogP contribution in [-0.4, -0.2) is 21.8 Å². The summed E-state index contributed by atoms with van der Waals surface area (Å²) in [5.74, 6) is 1.42. The smallest absolute Gasteiger partial charge is 0.338 e. The minimum absolute atomic E-state index is 0.712. The highest BCUT2D eigenvalue weighted by Crippen LogP contribution is 2.30. The summed E-state index contributed by atoms with van der Waals surface area (Å²) in [4.78, 5) is 0. The zero-order chi connectivity index (χ0) is 13.3. The van der Waals surface area contributed by atoms with E-state index in [4.69, 9.17) is 8.85 Å². The van der Waals surface area contributed by atoms with E-state index in [9.17, 15) is 0 Å². The summed E-state index contributed by atoms with van der Waals surface area (Å²) in [6, 6.07) is 2.30. The maximum atomic E-state index is 6.13. The van der Waals surface area contributed by atoms with Crippen LogP contribution < -0.4 is 0 Å². The van der Waals surface area contributed by atoms with E-state index in [0.29, 0.717) is 11.8 Å². The largest absolute Gasteiger partial charge is 0.394 e. The van der Waals surface area contributed by atoms with Crippen molar-refractivity contribution < 1.29 is 8.85 Å². The molecule has 17 heavy (non-hydrogen) atoms. The fraction of sp³-hybridized carbons (Fsp3) is 1.00. The van der Waals surface area contributed by atoms with Crippen molar-refractivity contribution in [3.8, 4) is 0 Å². The van der Waals surface area contributed by atoms with Crippen LogP contribution in [0.25, 0.3) is 0 Å². The summed E-state index contributed by atoms with van der Waals surface area (Å²) in [7, 11) is -1.96. The molecule has 0 saturated heterocycles. The Bertz CT molecular complexity index is 165. The first-order chi connectivity index (χ1) is 8.03. The van der Waals surface area contributed by atoms with Crippen LogP contribution >= 0.6 is 0 Å². The van der Waals surface area contributed by atoms with Crippen molar-refractivity contribution >= 4 is 8.56 Å². The minimum Gasteiger partial charge on any atom is -0.394 e. The lowest BCUT2D eigenvalue weighted by atomic mass is 10.1. The van der Waals surface area contributed by atoms with Crippen molar-refractivity contribution in [1.82, 2.24) is 0 Å². The summed E-state index contributed by atoms with van der Waals surface area (Å²) in [5.41, 5.74) is 0. The maximum Gasteiger partial charge on any atom is 0.338 e. The Balaban J connectivity index is 4.70. The number of rotatable bonds is 10. The molecule has 0 spiro atoms. The predicted molar refractivity (Wildman–Crippen MR) is 77.5 cm³/mol. The van der Waals surface area contributed by atoms with Gasteiger partial charge in [-0.3, -0.25) is 0 Å². The van der Waals surface area contributed by atoms with Crippen LogP contribution in [0.15, 0.2) is 0 Å². The summed E-state index contributed by atoms with van der Waals surface area (Å²) >= 11 is 0. The molecular weight excluding hydrogens is 228 g/mol. The molecule has 0 aliphatic carbocycles. The summed E-state index contributed by atoms with van der Waals surface area (Å²) in [6.07, 6.45) is 2.44. The van der Waals surface area contributed by atoms with Crippen LogP contribution in [-0.2, 0) is 8.85 Å². The van der Waals surface area contributed by atoms with E-state index in [1.165, 1.54) is 12.8 Å². The van der Waals surface area contributed by atoms with Gasteiger partial charge in [0.15, 0.2) is 0 Å². The summed E-state index contributed by atoms with van der Waals surface area (Å²) in [5, 5.41) is 0. The lowest BCUT2D eigenvalue weighted by Crippen LogP contribution is -2.45. The summed E-state index contributed by atoms with van der Waals surface area (Å²) < 4.78 is 12.3. The molecule has 0 amide bonds. The molecule has 0 aliphatic heterocycles. The van der Waals surface area contributed by atoms with Crippen molar-refractivity contribution in [3.05, 3.63) is 0 Å². The van der Waals surface area contributed by atoms with Gasteiger partial charge >= 0.3 is 8.56 Å². The van der Waals surface area contributed by atoms with E-state index in [0.717, 1.165) is 25.3 Å². The Morgan fingerprint density at radius 1 is 0.765 bits per heavy atom. The molecule has 0 aliphatic rings. The van der Waals surface area contributed by atoms with E-state index < -0.39 is 8.56 Å². The van der Waals surface area contributed by atoms with Crippen LogP contribution in [0.5, 0.6) is 0 Å². The third kappa shape index (κ3) is 6.58. The van der Waals surface area contributed by atoms with Gasteiger partial charge in [-0.2, -0.15) is 0 Å². The van der Waals surface area contributed by atoms with E-state index in [1.807, 2.05) is 0 Å². The van der Waals surface area contributed by atoms with Crippen LogP contribution in [0.4, 0.5) is 0 Å². The van der Waals surface area contributed by atoms with Crippen molar-refractivity contribution in [3.63, 3.8) is 0 Å². The van der Waals surface area contributed by atoms with Crippen LogP contribution in [0.2, 0.25) is 12.1 Å². The van der Waals surface area contributed by atoms with Gasteiger partial charge in [0.1, 0.15) is 0 Å². The van der Waals surface area contributed by atoms with Crippen molar-refractivity contribution in [2.45, 2.75) is 66.5 Å². The molecule has 0 aromatic carbocycles. The van der Waals surface area contributed by atoms with E-state index in [2.05, 4.69) is 41.5 Å². The van der Waals surface area contributed by atoms with Gasteiger partial charge in [0.05, 0.1) is 0 Å². The molecule has 104 valence electrons. The number of hydrogen-bond donors (Lipinski definition) is 0. The highest BCUT2D eigenvalue weighted by molar-refractivity contribution is 6.67. The first-order valence-corrected chi connectivity index (χ1v) is 9.54. The Labute approximate surface area is 109 Å². The molecule has 0 rings (SSSR count). The van der Waals surface area contributed by atoms with Gasteiger partial charge in [0.2, 0.25) is 0 Å².